The molecule has 244 valence electrons. The van der Waals surface area contributed by atoms with Gasteiger partial charge in [-0.15, -0.1) is 6.58 Å². The standard InChI is InChI=1S/C41H52N2O3/c1-3-24-42-27-23-41-33-21-22-34(40(41)46-39-37(45-2)29-36(44)32(38(39)41)28-35(33)42)43(26-14-20-31-18-11-7-12-19-31)25-13-5-4-8-15-30-16-9-6-10-17-30/h3,6-7,9-12,16-19,29,33-35,40,44H,1,4-5,8,13-15,20-28H2,2H3/t33-,34+,35+,40-,41-/m0/s1. The molecule has 0 amide bonds. The van der Waals surface area contributed by atoms with Crippen molar-refractivity contribution in [3.8, 4) is 17.2 Å². The lowest BCUT2D eigenvalue weighted by Crippen LogP contribution is -2.68. The monoisotopic (exact) mass is 620 g/mol. The van der Waals surface area contributed by atoms with Gasteiger partial charge in [0.15, 0.2) is 11.5 Å². The molecule has 1 saturated heterocycles. The predicted molar refractivity (Wildman–Crippen MR) is 186 cm³/mol. The SMILES string of the molecule is C=CCN1CC[C@]23c4c5c(O)cc(OC)c4O[C@H]2[C@H](N(CCCCCCc2ccccc2)CCCc2ccccc2)CC[C@H]3[C@H]1C5. The number of likely N-dealkylation sites (tertiary alicyclic amines) is 1. The summed E-state index contributed by atoms with van der Waals surface area (Å²) in [5.74, 6) is 2.50. The number of unbranched alkanes of at least 4 members (excludes halogenated alkanes) is 3. The van der Waals surface area contributed by atoms with E-state index in [4.69, 9.17) is 9.47 Å². The number of methoxy groups -OCH3 is 1. The molecule has 3 aromatic carbocycles. The van der Waals surface area contributed by atoms with Crippen LogP contribution in [0.25, 0.3) is 0 Å². The van der Waals surface area contributed by atoms with Gasteiger partial charge in [0, 0.05) is 41.2 Å². The van der Waals surface area contributed by atoms with Crippen molar-refractivity contribution in [3.05, 3.63) is 102 Å². The first-order valence-corrected chi connectivity index (χ1v) is 17.9. The molecule has 5 atom stereocenters. The lowest BCUT2D eigenvalue weighted by Gasteiger charge is -2.60. The number of aromatic hydroxyl groups is 1. The van der Waals surface area contributed by atoms with Crippen LogP contribution < -0.4 is 9.47 Å². The number of nitrogens with zero attached hydrogens (tertiary/aromatic N) is 2. The Labute approximate surface area is 276 Å². The highest BCUT2D eigenvalue weighted by Crippen LogP contribution is 2.65. The van der Waals surface area contributed by atoms with Crippen molar-refractivity contribution in [2.24, 2.45) is 5.92 Å². The maximum atomic E-state index is 11.3. The molecule has 2 heterocycles. The third kappa shape index (κ3) is 5.75. The largest absolute Gasteiger partial charge is 0.508 e. The molecule has 5 heteroatoms. The lowest BCUT2D eigenvalue weighted by molar-refractivity contribution is -0.0866. The van der Waals surface area contributed by atoms with Gasteiger partial charge in [-0.25, -0.2) is 0 Å². The minimum atomic E-state index is -0.0758. The zero-order valence-corrected chi connectivity index (χ0v) is 27.7. The van der Waals surface area contributed by atoms with Crippen LogP contribution in [-0.4, -0.2) is 66.4 Å². The molecule has 5 nitrogen and oxygen atoms in total. The zero-order chi connectivity index (χ0) is 31.5. The van der Waals surface area contributed by atoms with Crippen LogP contribution in [0.3, 0.4) is 0 Å². The summed E-state index contributed by atoms with van der Waals surface area (Å²) in [6, 6.07) is 24.4. The molecule has 0 radical (unpaired) electrons. The molecule has 2 bridgehead atoms. The zero-order valence-electron chi connectivity index (χ0n) is 27.7. The first-order valence-electron chi connectivity index (χ1n) is 17.9. The number of piperidine rings is 1. The van der Waals surface area contributed by atoms with Gasteiger partial charge >= 0.3 is 0 Å². The third-order valence-electron chi connectivity index (χ3n) is 11.8. The number of hydrogen-bond acceptors (Lipinski definition) is 5. The second kappa shape index (κ2) is 13.8. The normalized spacial score (nSPS) is 26.0. The van der Waals surface area contributed by atoms with Crippen molar-refractivity contribution in [1.29, 1.82) is 0 Å². The second-order valence-corrected chi connectivity index (χ2v) is 14.2. The molecular weight excluding hydrogens is 568 g/mol. The summed E-state index contributed by atoms with van der Waals surface area (Å²) in [5.41, 5.74) is 5.18. The summed E-state index contributed by atoms with van der Waals surface area (Å²) in [5, 5.41) is 11.3. The van der Waals surface area contributed by atoms with Crippen LogP contribution in [0, 0.1) is 5.92 Å². The van der Waals surface area contributed by atoms with E-state index in [0.29, 0.717) is 29.5 Å². The van der Waals surface area contributed by atoms with E-state index in [1.807, 2.05) is 0 Å². The summed E-state index contributed by atoms with van der Waals surface area (Å²) in [6.07, 6.45) is 14.9. The topological polar surface area (TPSA) is 45.2 Å². The van der Waals surface area contributed by atoms with Crippen molar-refractivity contribution in [1.82, 2.24) is 9.80 Å². The van der Waals surface area contributed by atoms with Gasteiger partial charge in [-0.1, -0.05) is 79.6 Å². The fraction of sp³-hybridized carbons (Fsp3) is 0.512. The van der Waals surface area contributed by atoms with E-state index in [9.17, 15) is 5.11 Å². The second-order valence-electron chi connectivity index (χ2n) is 14.2. The lowest BCUT2D eigenvalue weighted by atomic mass is 9.50. The van der Waals surface area contributed by atoms with Crippen molar-refractivity contribution in [3.63, 3.8) is 0 Å². The molecule has 1 saturated carbocycles. The smallest absolute Gasteiger partial charge is 0.166 e. The van der Waals surface area contributed by atoms with E-state index in [1.165, 1.54) is 55.2 Å². The molecule has 3 aromatic rings. The minimum Gasteiger partial charge on any atom is -0.508 e. The fourth-order valence-corrected chi connectivity index (χ4v) is 9.79. The van der Waals surface area contributed by atoms with Gasteiger partial charge in [0.25, 0.3) is 0 Å². The minimum absolute atomic E-state index is 0.0758. The molecule has 2 aliphatic heterocycles. The van der Waals surface area contributed by atoms with E-state index in [-0.39, 0.29) is 11.5 Å². The predicted octanol–water partition coefficient (Wildman–Crippen LogP) is 7.73. The summed E-state index contributed by atoms with van der Waals surface area (Å²) < 4.78 is 13.1. The van der Waals surface area contributed by atoms with Gasteiger partial charge in [-0.3, -0.25) is 9.80 Å². The Morgan fingerprint density at radius 3 is 2.37 bits per heavy atom. The first kappa shape index (κ1) is 31.3. The Morgan fingerprint density at radius 1 is 0.957 bits per heavy atom. The number of rotatable bonds is 15. The Balaban J connectivity index is 1.13. The van der Waals surface area contributed by atoms with Gasteiger partial charge in [0.05, 0.1) is 7.11 Å². The summed E-state index contributed by atoms with van der Waals surface area (Å²) in [7, 11) is 1.71. The van der Waals surface area contributed by atoms with E-state index >= 15 is 0 Å². The number of benzene rings is 3. The van der Waals surface area contributed by atoms with E-state index in [2.05, 4.69) is 83.1 Å². The van der Waals surface area contributed by atoms with Gasteiger partial charge in [-0.05, 0) is 94.5 Å². The Kier molecular flexibility index (Phi) is 9.42. The van der Waals surface area contributed by atoms with E-state index < -0.39 is 0 Å². The van der Waals surface area contributed by atoms with Crippen molar-refractivity contribution < 1.29 is 14.6 Å². The molecule has 0 unspecified atom stereocenters. The first-order chi connectivity index (χ1) is 22.6. The molecule has 1 N–H and O–H groups in total. The molecule has 7 rings (SSSR count). The third-order valence-corrected chi connectivity index (χ3v) is 11.8. The van der Waals surface area contributed by atoms with Gasteiger partial charge in [0.2, 0.25) is 0 Å². The van der Waals surface area contributed by atoms with Crippen molar-refractivity contribution in [2.45, 2.75) is 94.2 Å². The maximum absolute atomic E-state index is 11.3. The van der Waals surface area contributed by atoms with Crippen molar-refractivity contribution in [2.75, 3.05) is 33.3 Å². The van der Waals surface area contributed by atoms with Crippen LogP contribution in [0.4, 0.5) is 0 Å². The molecule has 2 aliphatic carbocycles. The van der Waals surface area contributed by atoms with E-state index in [1.54, 1.807) is 13.2 Å². The number of phenols is 1. The Morgan fingerprint density at radius 2 is 1.65 bits per heavy atom. The number of aryl methyl sites for hydroxylation is 2. The highest BCUT2D eigenvalue weighted by atomic mass is 16.5. The van der Waals surface area contributed by atoms with Crippen LogP contribution in [0.15, 0.2) is 79.4 Å². The number of hydrogen-bond donors (Lipinski definition) is 1. The number of phenolic OH excluding ortho intramolecular Hbond substituents is 1. The van der Waals surface area contributed by atoms with Crippen LogP contribution >= 0.6 is 0 Å². The van der Waals surface area contributed by atoms with Crippen LogP contribution in [-0.2, 0) is 24.7 Å². The number of ether oxygens (including phenoxy) is 2. The maximum Gasteiger partial charge on any atom is 0.166 e. The average molecular weight is 621 g/mol. The molecule has 4 aliphatic rings. The van der Waals surface area contributed by atoms with Gasteiger partial charge < -0.3 is 14.6 Å². The molecule has 0 aromatic heterocycles. The highest BCUT2D eigenvalue weighted by Gasteiger charge is 2.66. The highest BCUT2D eigenvalue weighted by molar-refractivity contribution is 5.65. The van der Waals surface area contributed by atoms with Gasteiger partial charge in [-0.2, -0.15) is 0 Å². The quantitative estimate of drug-likeness (QED) is 0.139. The Bertz CT molecular complexity index is 1480. The summed E-state index contributed by atoms with van der Waals surface area (Å²) >= 11 is 0. The average Bonchev–Trinajstić information content (AvgIpc) is 3.43. The van der Waals surface area contributed by atoms with Crippen LogP contribution in [0.1, 0.15) is 73.6 Å². The fourth-order valence-electron chi connectivity index (χ4n) is 9.79. The molecular formula is C41H52N2O3. The van der Waals surface area contributed by atoms with Crippen LogP contribution in [0.5, 0.6) is 17.2 Å². The van der Waals surface area contributed by atoms with E-state index in [0.717, 1.165) is 69.6 Å². The molecule has 2 fully saturated rings. The Hall–Kier alpha value is -3.28. The summed E-state index contributed by atoms with van der Waals surface area (Å²) in [6.45, 7) is 8.23. The van der Waals surface area contributed by atoms with Gasteiger partial charge in [0.1, 0.15) is 11.9 Å². The molecule has 46 heavy (non-hydrogen) atoms. The molecule has 1 spiro atoms. The summed E-state index contributed by atoms with van der Waals surface area (Å²) in [4.78, 5) is 5.44. The van der Waals surface area contributed by atoms with Crippen LogP contribution in [0.2, 0.25) is 0 Å². The van der Waals surface area contributed by atoms with Crippen molar-refractivity contribution >= 4 is 0 Å².